The average Bonchev–Trinajstić information content (AvgIpc) is 3.18. The highest BCUT2D eigenvalue weighted by Gasteiger charge is 2.22. The molecule has 2 heterocycles. The second-order valence-corrected chi connectivity index (χ2v) is 6.36. The Morgan fingerprint density at radius 3 is 2.78 bits per heavy atom. The number of rotatable bonds is 6. The molecule has 0 aliphatic heterocycles. The monoisotopic (exact) mass is 332 g/mol. The van der Waals surface area contributed by atoms with E-state index < -0.39 is 5.60 Å². The second-order valence-electron chi connectivity index (χ2n) is 5.51. The molecule has 3 aromatic rings. The number of nitrogens with one attached hydrogen (secondary N) is 1. The molecule has 120 valence electrons. The Morgan fingerprint density at radius 1 is 1.30 bits per heavy atom. The molecule has 1 atom stereocenters. The van der Waals surface area contributed by atoms with Crippen molar-refractivity contribution in [3.63, 3.8) is 0 Å². The predicted molar refractivity (Wildman–Crippen MR) is 87.5 cm³/mol. The van der Waals surface area contributed by atoms with Crippen molar-refractivity contribution < 1.29 is 13.9 Å². The van der Waals surface area contributed by atoms with Gasteiger partial charge in [0.2, 0.25) is 0 Å². The fraction of sp³-hybridized carbons (Fsp3) is 0.235. The van der Waals surface area contributed by atoms with Crippen molar-refractivity contribution >= 4 is 11.3 Å². The molecule has 0 fully saturated rings. The lowest BCUT2D eigenvalue weighted by Crippen LogP contribution is -2.35. The van der Waals surface area contributed by atoms with E-state index >= 15 is 0 Å². The SMILES string of the molecule is CC(O)(CNCc1csc(-c2ccco2)n1)c1ccc(F)cc1. The second kappa shape index (κ2) is 6.62. The third kappa shape index (κ3) is 3.85. The minimum absolute atomic E-state index is 0.314. The molecule has 6 heteroatoms. The van der Waals surface area contributed by atoms with E-state index in [1.807, 2.05) is 17.5 Å². The highest BCUT2D eigenvalue weighted by Crippen LogP contribution is 2.24. The van der Waals surface area contributed by atoms with Crippen LogP contribution in [0.3, 0.4) is 0 Å². The standard InChI is InChI=1S/C17H17FN2O2S/c1-17(21,12-4-6-13(18)7-5-12)11-19-9-14-10-23-16(20-14)15-3-2-8-22-15/h2-8,10,19,21H,9,11H2,1H3. The first-order valence-electron chi connectivity index (χ1n) is 7.22. The number of halogens is 1. The molecular weight excluding hydrogens is 315 g/mol. The predicted octanol–water partition coefficient (Wildman–Crippen LogP) is 3.54. The van der Waals surface area contributed by atoms with Crippen LogP contribution < -0.4 is 5.32 Å². The van der Waals surface area contributed by atoms with Crippen molar-refractivity contribution in [3.8, 4) is 10.8 Å². The first-order chi connectivity index (χ1) is 11.0. The minimum atomic E-state index is -1.08. The summed E-state index contributed by atoms with van der Waals surface area (Å²) >= 11 is 1.51. The van der Waals surface area contributed by atoms with Crippen LogP contribution in [-0.2, 0) is 12.1 Å². The molecule has 23 heavy (non-hydrogen) atoms. The van der Waals surface area contributed by atoms with Crippen LogP contribution in [0.15, 0.2) is 52.5 Å². The lowest BCUT2D eigenvalue weighted by molar-refractivity contribution is 0.0565. The van der Waals surface area contributed by atoms with Crippen LogP contribution in [0.25, 0.3) is 10.8 Å². The fourth-order valence-corrected chi connectivity index (χ4v) is 3.03. The summed E-state index contributed by atoms with van der Waals surface area (Å²) in [4.78, 5) is 4.49. The van der Waals surface area contributed by atoms with Gasteiger partial charge in [-0.25, -0.2) is 9.37 Å². The highest BCUT2D eigenvalue weighted by atomic mass is 32.1. The zero-order valence-electron chi connectivity index (χ0n) is 12.6. The molecule has 0 amide bonds. The Morgan fingerprint density at radius 2 is 2.09 bits per heavy atom. The summed E-state index contributed by atoms with van der Waals surface area (Å²) in [6.07, 6.45) is 1.62. The number of benzene rings is 1. The Labute approximate surface area is 137 Å². The van der Waals surface area contributed by atoms with Gasteiger partial charge in [-0.3, -0.25) is 0 Å². The molecule has 0 saturated heterocycles. The van der Waals surface area contributed by atoms with E-state index in [9.17, 15) is 9.50 Å². The van der Waals surface area contributed by atoms with Gasteiger partial charge in [0.25, 0.3) is 0 Å². The smallest absolute Gasteiger partial charge is 0.162 e. The number of aliphatic hydroxyl groups is 1. The lowest BCUT2D eigenvalue weighted by Gasteiger charge is -2.24. The van der Waals surface area contributed by atoms with Crippen LogP contribution in [0, 0.1) is 5.82 Å². The third-order valence-electron chi connectivity index (χ3n) is 3.53. The summed E-state index contributed by atoms with van der Waals surface area (Å²) in [5, 5.41) is 16.5. The van der Waals surface area contributed by atoms with Crippen LogP contribution in [0.1, 0.15) is 18.2 Å². The van der Waals surface area contributed by atoms with Crippen molar-refractivity contribution in [2.75, 3.05) is 6.54 Å². The number of thiazole rings is 1. The van der Waals surface area contributed by atoms with E-state index in [0.717, 1.165) is 16.5 Å². The molecule has 1 unspecified atom stereocenters. The molecule has 0 spiro atoms. The quantitative estimate of drug-likeness (QED) is 0.725. The van der Waals surface area contributed by atoms with Crippen LogP contribution >= 0.6 is 11.3 Å². The van der Waals surface area contributed by atoms with Crippen molar-refractivity contribution in [1.29, 1.82) is 0 Å². The highest BCUT2D eigenvalue weighted by molar-refractivity contribution is 7.13. The van der Waals surface area contributed by atoms with Crippen molar-refractivity contribution in [2.45, 2.75) is 19.1 Å². The number of hydrogen-bond acceptors (Lipinski definition) is 5. The molecular formula is C17H17FN2O2S. The number of nitrogens with zero attached hydrogens (tertiary/aromatic N) is 1. The van der Waals surface area contributed by atoms with E-state index in [-0.39, 0.29) is 5.82 Å². The van der Waals surface area contributed by atoms with Crippen LogP contribution in [0.2, 0.25) is 0 Å². The van der Waals surface area contributed by atoms with Gasteiger partial charge in [0.05, 0.1) is 17.6 Å². The van der Waals surface area contributed by atoms with E-state index in [0.29, 0.717) is 18.7 Å². The molecule has 0 radical (unpaired) electrons. The summed E-state index contributed by atoms with van der Waals surface area (Å²) in [5.74, 6) is 0.435. The van der Waals surface area contributed by atoms with Crippen molar-refractivity contribution in [3.05, 3.63) is 65.1 Å². The zero-order valence-corrected chi connectivity index (χ0v) is 13.4. The van der Waals surface area contributed by atoms with Crippen LogP contribution in [-0.4, -0.2) is 16.6 Å². The molecule has 0 aliphatic rings. The van der Waals surface area contributed by atoms with E-state index in [4.69, 9.17) is 4.42 Å². The maximum Gasteiger partial charge on any atom is 0.162 e. The van der Waals surface area contributed by atoms with Gasteiger partial charge in [-0.2, -0.15) is 0 Å². The summed E-state index contributed by atoms with van der Waals surface area (Å²) < 4.78 is 18.3. The van der Waals surface area contributed by atoms with Gasteiger partial charge in [-0.1, -0.05) is 12.1 Å². The largest absolute Gasteiger partial charge is 0.462 e. The Bertz CT molecular complexity index is 751. The number of hydrogen-bond donors (Lipinski definition) is 2. The van der Waals surface area contributed by atoms with Crippen LogP contribution in [0.5, 0.6) is 0 Å². The average molecular weight is 332 g/mol. The molecule has 0 saturated carbocycles. The Kier molecular flexibility index (Phi) is 4.56. The first-order valence-corrected chi connectivity index (χ1v) is 8.10. The molecule has 2 aromatic heterocycles. The third-order valence-corrected chi connectivity index (χ3v) is 4.43. The topological polar surface area (TPSA) is 58.3 Å². The van der Waals surface area contributed by atoms with Gasteiger partial charge in [0, 0.05) is 18.5 Å². The van der Waals surface area contributed by atoms with Gasteiger partial charge in [-0.15, -0.1) is 11.3 Å². The molecule has 1 aromatic carbocycles. The van der Waals surface area contributed by atoms with Gasteiger partial charge in [0.1, 0.15) is 5.82 Å². The van der Waals surface area contributed by atoms with Crippen LogP contribution in [0.4, 0.5) is 4.39 Å². The fourth-order valence-electron chi connectivity index (χ4n) is 2.25. The van der Waals surface area contributed by atoms with E-state index in [1.165, 1.54) is 23.5 Å². The van der Waals surface area contributed by atoms with E-state index in [1.54, 1.807) is 25.3 Å². The zero-order chi connectivity index (χ0) is 16.3. The summed E-state index contributed by atoms with van der Waals surface area (Å²) in [5.41, 5.74) is 0.477. The van der Waals surface area contributed by atoms with E-state index in [2.05, 4.69) is 10.3 Å². The molecule has 4 nitrogen and oxygen atoms in total. The summed E-state index contributed by atoms with van der Waals surface area (Å²) in [7, 11) is 0. The minimum Gasteiger partial charge on any atom is -0.462 e. The maximum absolute atomic E-state index is 13.0. The molecule has 0 aliphatic carbocycles. The first kappa shape index (κ1) is 15.9. The van der Waals surface area contributed by atoms with Gasteiger partial charge in [0.15, 0.2) is 10.8 Å². The Balaban J connectivity index is 1.57. The van der Waals surface area contributed by atoms with Crippen molar-refractivity contribution in [1.82, 2.24) is 10.3 Å². The normalized spacial score (nSPS) is 13.9. The molecule has 0 bridgehead atoms. The Hall–Kier alpha value is -2.02. The van der Waals surface area contributed by atoms with Gasteiger partial charge in [-0.05, 0) is 36.8 Å². The van der Waals surface area contributed by atoms with Gasteiger partial charge < -0.3 is 14.8 Å². The summed E-state index contributed by atoms with van der Waals surface area (Å²) in [6.45, 7) is 2.57. The molecule has 2 N–H and O–H groups in total. The lowest BCUT2D eigenvalue weighted by atomic mass is 9.96. The van der Waals surface area contributed by atoms with Gasteiger partial charge >= 0.3 is 0 Å². The number of aromatic nitrogens is 1. The summed E-state index contributed by atoms with van der Waals surface area (Å²) in [6, 6.07) is 9.58. The maximum atomic E-state index is 13.0. The molecule has 3 rings (SSSR count). The van der Waals surface area contributed by atoms with Crippen molar-refractivity contribution in [2.24, 2.45) is 0 Å². The number of furan rings is 1.